The highest BCUT2D eigenvalue weighted by Crippen LogP contribution is 2.29. The van der Waals surface area contributed by atoms with Crippen LogP contribution in [0, 0.1) is 5.41 Å². The molecule has 0 heterocycles. The molecule has 1 aromatic carbocycles. The Morgan fingerprint density at radius 1 is 1.42 bits per heavy atom. The lowest BCUT2D eigenvalue weighted by Gasteiger charge is -2.02. The number of nitrogens with zero attached hydrogens (tertiary/aromatic N) is 1. The van der Waals surface area contributed by atoms with Gasteiger partial charge in [0, 0.05) is 18.7 Å². The largest absolute Gasteiger partial charge is 0.481 e. The first kappa shape index (κ1) is 17.7. The van der Waals surface area contributed by atoms with Crippen molar-refractivity contribution in [3.05, 3.63) is 32.8 Å². The molecule has 1 rings (SSSR count). The molecule has 0 aliphatic heterocycles. The molecule has 1 aromatic rings. The Morgan fingerprint density at radius 2 is 1.89 bits per heavy atom. The summed E-state index contributed by atoms with van der Waals surface area (Å²) < 4.78 is 0. The topological polar surface area (TPSA) is 99.5 Å². The maximum atomic E-state index is 9.00. The molecular weight excluding hydrogens is 312 g/mol. The first-order valence-electron chi connectivity index (χ1n) is 4.91. The minimum atomic E-state index is -0.833. The number of halogens is 3. The van der Waals surface area contributed by atoms with Crippen LogP contribution in [-0.2, 0) is 4.79 Å². The second-order valence-electron chi connectivity index (χ2n) is 3.27. The number of hydrogen-bond donors (Lipinski definition) is 3. The van der Waals surface area contributed by atoms with E-state index in [9.17, 15) is 0 Å². The van der Waals surface area contributed by atoms with Crippen molar-refractivity contribution < 1.29 is 9.90 Å². The van der Waals surface area contributed by atoms with Crippen LogP contribution in [0.25, 0.3) is 0 Å². The highest BCUT2D eigenvalue weighted by atomic mass is 35.5. The van der Waals surface area contributed by atoms with Crippen molar-refractivity contribution >= 4 is 52.8 Å². The monoisotopic (exact) mass is 323 g/mol. The van der Waals surface area contributed by atoms with E-state index in [-0.39, 0.29) is 12.4 Å². The fraction of sp³-hybridized carbons (Fsp3) is 0.182. The van der Waals surface area contributed by atoms with Crippen molar-refractivity contribution in [2.45, 2.75) is 6.92 Å². The van der Waals surface area contributed by atoms with Gasteiger partial charge in [0.15, 0.2) is 0 Å². The molecular formula is C11H12Cl3N3O2. The van der Waals surface area contributed by atoms with Crippen molar-refractivity contribution in [3.8, 4) is 0 Å². The summed E-state index contributed by atoms with van der Waals surface area (Å²) in [5.41, 5.74) is 5.67. The lowest BCUT2D eigenvalue weighted by molar-refractivity contribution is -0.134. The quantitative estimate of drug-likeness (QED) is 0.452. The fourth-order valence-corrected chi connectivity index (χ4v) is 1.53. The number of nitrogens with one attached hydrogen (secondary N) is 1. The van der Waals surface area contributed by atoms with Gasteiger partial charge in [-0.05, 0) is 12.1 Å². The SMILES string of the molecule is CC(=O)O.N=C(N)CN=Cc1c(Cl)ccc(Cl)c1Cl. The van der Waals surface area contributed by atoms with E-state index in [0.29, 0.717) is 20.6 Å². The van der Waals surface area contributed by atoms with E-state index in [0.717, 1.165) is 6.92 Å². The van der Waals surface area contributed by atoms with Crippen molar-refractivity contribution in [1.82, 2.24) is 0 Å². The Balaban J connectivity index is 0.000000711. The zero-order chi connectivity index (χ0) is 15.0. The van der Waals surface area contributed by atoms with Gasteiger partial charge in [-0.1, -0.05) is 34.8 Å². The molecule has 0 unspecified atom stereocenters. The normalized spacial score (nSPS) is 9.89. The number of hydrogen-bond acceptors (Lipinski definition) is 3. The van der Waals surface area contributed by atoms with Crippen LogP contribution in [-0.4, -0.2) is 29.7 Å². The van der Waals surface area contributed by atoms with E-state index < -0.39 is 5.97 Å². The van der Waals surface area contributed by atoms with Gasteiger partial charge in [0.1, 0.15) is 5.84 Å². The molecule has 0 aromatic heterocycles. The highest BCUT2D eigenvalue weighted by Gasteiger charge is 2.06. The summed E-state index contributed by atoms with van der Waals surface area (Å²) in [5, 5.41) is 15.6. The Morgan fingerprint density at radius 3 is 2.37 bits per heavy atom. The minimum Gasteiger partial charge on any atom is -0.481 e. The zero-order valence-electron chi connectivity index (χ0n) is 9.95. The number of carboxylic acids is 1. The summed E-state index contributed by atoms with van der Waals surface area (Å²) in [6.07, 6.45) is 1.46. The van der Waals surface area contributed by atoms with Crippen LogP contribution in [0.4, 0.5) is 0 Å². The van der Waals surface area contributed by atoms with Gasteiger partial charge in [-0.15, -0.1) is 0 Å². The van der Waals surface area contributed by atoms with Gasteiger partial charge in [-0.3, -0.25) is 15.2 Å². The minimum absolute atomic E-state index is 0.0273. The molecule has 5 nitrogen and oxygen atoms in total. The standard InChI is InChI=1S/C9H8Cl3N3.C2H4O2/c10-6-1-2-7(11)9(12)5(6)3-15-4-8(13)14;1-2(3)4/h1-3H,4H2,(H3,13,14);1H3,(H,3,4). The Bertz CT molecular complexity index is 500. The van der Waals surface area contributed by atoms with Crippen LogP contribution in [0.1, 0.15) is 12.5 Å². The van der Waals surface area contributed by atoms with Crippen molar-refractivity contribution in [2.75, 3.05) is 6.54 Å². The van der Waals surface area contributed by atoms with Crippen LogP contribution in [0.2, 0.25) is 15.1 Å². The molecule has 0 radical (unpaired) electrons. The van der Waals surface area contributed by atoms with Gasteiger partial charge >= 0.3 is 0 Å². The number of benzene rings is 1. The molecule has 0 saturated carbocycles. The number of aliphatic carboxylic acids is 1. The third-order valence-electron chi connectivity index (χ3n) is 1.56. The first-order valence-corrected chi connectivity index (χ1v) is 6.04. The number of carboxylic acid groups (broad SMARTS) is 1. The Hall–Kier alpha value is -1.30. The Kier molecular flexibility index (Phi) is 8.14. The van der Waals surface area contributed by atoms with Crippen molar-refractivity contribution in [2.24, 2.45) is 10.7 Å². The van der Waals surface area contributed by atoms with E-state index in [1.807, 2.05) is 0 Å². The maximum absolute atomic E-state index is 9.00. The van der Waals surface area contributed by atoms with Gasteiger partial charge in [0.25, 0.3) is 5.97 Å². The lowest BCUT2D eigenvalue weighted by Crippen LogP contribution is -2.13. The van der Waals surface area contributed by atoms with E-state index in [1.165, 1.54) is 6.21 Å². The average Bonchev–Trinajstić information content (AvgIpc) is 2.27. The number of nitrogens with two attached hydrogens (primary N) is 1. The number of amidine groups is 1. The van der Waals surface area contributed by atoms with E-state index in [1.54, 1.807) is 12.1 Å². The number of aliphatic imine (C=N–C) groups is 1. The van der Waals surface area contributed by atoms with Gasteiger partial charge in [-0.2, -0.15) is 0 Å². The molecule has 0 amide bonds. The fourth-order valence-electron chi connectivity index (χ4n) is 0.896. The second kappa shape index (κ2) is 8.74. The molecule has 104 valence electrons. The summed E-state index contributed by atoms with van der Waals surface area (Å²) in [6.45, 7) is 1.19. The predicted molar refractivity (Wildman–Crippen MR) is 79.2 cm³/mol. The molecule has 0 spiro atoms. The summed E-state index contributed by atoms with van der Waals surface area (Å²) in [7, 11) is 0. The third kappa shape index (κ3) is 7.66. The molecule has 4 N–H and O–H groups in total. The third-order valence-corrected chi connectivity index (χ3v) is 2.71. The highest BCUT2D eigenvalue weighted by molar-refractivity contribution is 6.45. The van der Waals surface area contributed by atoms with Gasteiger partial charge in [-0.25, -0.2) is 0 Å². The van der Waals surface area contributed by atoms with E-state index in [2.05, 4.69) is 4.99 Å². The van der Waals surface area contributed by atoms with E-state index in [4.69, 9.17) is 55.8 Å². The van der Waals surface area contributed by atoms with Gasteiger partial charge in [0.2, 0.25) is 0 Å². The van der Waals surface area contributed by atoms with Crippen LogP contribution in [0.15, 0.2) is 17.1 Å². The molecule has 8 heteroatoms. The second-order valence-corrected chi connectivity index (χ2v) is 4.46. The Labute approximate surface area is 125 Å². The number of rotatable bonds is 3. The number of carbonyl (C=O) groups is 1. The first-order chi connectivity index (χ1) is 8.75. The smallest absolute Gasteiger partial charge is 0.300 e. The molecule has 0 aliphatic carbocycles. The van der Waals surface area contributed by atoms with E-state index >= 15 is 0 Å². The van der Waals surface area contributed by atoms with Crippen LogP contribution in [0.5, 0.6) is 0 Å². The van der Waals surface area contributed by atoms with Crippen molar-refractivity contribution in [1.29, 1.82) is 5.41 Å². The van der Waals surface area contributed by atoms with Crippen molar-refractivity contribution in [3.63, 3.8) is 0 Å². The van der Waals surface area contributed by atoms with Crippen LogP contribution < -0.4 is 5.73 Å². The molecule has 0 bridgehead atoms. The lowest BCUT2D eigenvalue weighted by atomic mass is 10.2. The molecule has 19 heavy (non-hydrogen) atoms. The van der Waals surface area contributed by atoms with Crippen LogP contribution in [0.3, 0.4) is 0 Å². The predicted octanol–water partition coefficient (Wildman–Crippen LogP) is 3.09. The zero-order valence-corrected chi connectivity index (χ0v) is 12.2. The van der Waals surface area contributed by atoms with Crippen LogP contribution >= 0.6 is 34.8 Å². The van der Waals surface area contributed by atoms with Gasteiger partial charge < -0.3 is 10.8 Å². The molecule has 0 aliphatic rings. The van der Waals surface area contributed by atoms with Gasteiger partial charge in [0.05, 0.1) is 21.6 Å². The molecule has 0 fully saturated rings. The summed E-state index contributed by atoms with van der Waals surface area (Å²) in [4.78, 5) is 12.9. The summed E-state index contributed by atoms with van der Waals surface area (Å²) in [6, 6.07) is 3.24. The summed E-state index contributed by atoms with van der Waals surface area (Å²) >= 11 is 17.6. The average molecular weight is 325 g/mol. The maximum Gasteiger partial charge on any atom is 0.300 e. The molecule has 0 saturated heterocycles. The summed E-state index contributed by atoms with van der Waals surface area (Å²) in [5.74, 6) is -0.861. The molecule has 0 atom stereocenters.